The molecule has 1 atom stereocenters. The van der Waals surface area contributed by atoms with Crippen molar-refractivity contribution in [1.29, 1.82) is 5.26 Å². The second kappa shape index (κ2) is 2.99. The zero-order chi connectivity index (χ0) is 11.2. The monoisotopic (exact) mass is 204 g/mol. The van der Waals surface area contributed by atoms with Gasteiger partial charge in [0.15, 0.2) is 0 Å². The van der Waals surface area contributed by atoms with Crippen LogP contribution in [0.1, 0.15) is 31.5 Å². The zero-order valence-corrected chi connectivity index (χ0v) is 9.63. The van der Waals surface area contributed by atoms with E-state index in [4.69, 9.17) is 5.26 Å². The lowest BCUT2D eigenvalue weighted by molar-refractivity contribution is 0.626. The first kappa shape index (κ1) is 10.0. The van der Waals surface area contributed by atoms with E-state index in [2.05, 4.69) is 30.3 Å². The maximum Gasteiger partial charge on any atom is 0.142 e. The van der Waals surface area contributed by atoms with Crippen molar-refractivity contribution in [2.75, 3.05) is 5.32 Å². The second-order valence-corrected chi connectivity index (χ2v) is 4.93. The Hall–Kier alpha value is -1.50. The van der Waals surface area contributed by atoms with E-state index in [0.29, 0.717) is 17.0 Å². The first-order valence-electron chi connectivity index (χ1n) is 5.16. The quantitative estimate of drug-likeness (QED) is 0.799. The van der Waals surface area contributed by atoms with Crippen molar-refractivity contribution in [3.63, 3.8) is 0 Å². The van der Waals surface area contributed by atoms with Gasteiger partial charge >= 0.3 is 0 Å². The van der Waals surface area contributed by atoms with Gasteiger partial charge in [-0.3, -0.25) is 4.68 Å². The van der Waals surface area contributed by atoms with Crippen molar-refractivity contribution in [3.8, 4) is 6.07 Å². The number of rotatable bonds is 2. The second-order valence-electron chi connectivity index (χ2n) is 4.93. The minimum atomic E-state index is 0.352. The average Bonchev–Trinajstić information content (AvgIpc) is 2.62. The maximum atomic E-state index is 9.03. The summed E-state index contributed by atoms with van der Waals surface area (Å²) in [6.45, 7) is 6.31. The largest absolute Gasteiger partial charge is 0.366 e. The molecule has 1 aliphatic carbocycles. The van der Waals surface area contributed by atoms with Gasteiger partial charge in [-0.1, -0.05) is 13.8 Å². The standard InChI is InChI=1S/C11H16N4/c1-7-8(6-12)10(15(4)14-7)13-9-5-11(9,2)3/h9,13H,5H2,1-4H3. The van der Waals surface area contributed by atoms with Gasteiger partial charge in [0, 0.05) is 13.1 Å². The fourth-order valence-electron chi connectivity index (χ4n) is 1.84. The van der Waals surface area contributed by atoms with Crippen LogP contribution in [0, 0.1) is 23.7 Å². The molecule has 1 unspecified atom stereocenters. The molecule has 1 aromatic rings. The minimum absolute atomic E-state index is 0.352. The van der Waals surface area contributed by atoms with Crippen molar-refractivity contribution >= 4 is 5.82 Å². The molecule has 0 saturated heterocycles. The maximum absolute atomic E-state index is 9.03. The van der Waals surface area contributed by atoms with Crippen LogP contribution in [0.15, 0.2) is 0 Å². The van der Waals surface area contributed by atoms with Crippen LogP contribution in [-0.2, 0) is 7.05 Å². The number of nitrogens with zero attached hydrogens (tertiary/aromatic N) is 3. The van der Waals surface area contributed by atoms with Crippen LogP contribution in [0.4, 0.5) is 5.82 Å². The number of nitrogens with one attached hydrogen (secondary N) is 1. The molecule has 1 heterocycles. The van der Waals surface area contributed by atoms with E-state index in [1.54, 1.807) is 4.68 Å². The predicted molar refractivity (Wildman–Crippen MR) is 58.5 cm³/mol. The highest BCUT2D eigenvalue weighted by Crippen LogP contribution is 2.46. The Morgan fingerprint density at radius 3 is 2.67 bits per heavy atom. The normalized spacial score (nSPS) is 22.2. The molecule has 80 valence electrons. The Kier molecular flexibility index (Phi) is 2.00. The Morgan fingerprint density at radius 2 is 2.20 bits per heavy atom. The number of nitriles is 1. The molecular formula is C11H16N4. The molecule has 0 aliphatic heterocycles. The first-order valence-corrected chi connectivity index (χ1v) is 5.16. The van der Waals surface area contributed by atoms with Gasteiger partial charge in [0.1, 0.15) is 17.5 Å². The Labute approximate surface area is 89.9 Å². The molecule has 4 nitrogen and oxygen atoms in total. The molecule has 4 heteroatoms. The Morgan fingerprint density at radius 1 is 1.60 bits per heavy atom. The zero-order valence-electron chi connectivity index (χ0n) is 9.63. The third kappa shape index (κ3) is 1.58. The molecule has 1 N–H and O–H groups in total. The van der Waals surface area contributed by atoms with Gasteiger partial charge in [-0.05, 0) is 18.8 Å². The van der Waals surface area contributed by atoms with Gasteiger partial charge in [0.05, 0.1) is 5.69 Å². The van der Waals surface area contributed by atoms with Crippen molar-refractivity contribution in [2.24, 2.45) is 12.5 Å². The van der Waals surface area contributed by atoms with Crippen LogP contribution in [-0.4, -0.2) is 15.8 Å². The number of anilines is 1. The van der Waals surface area contributed by atoms with Crippen LogP contribution in [0.25, 0.3) is 0 Å². The lowest BCUT2D eigenvalue weighted by Gasteiger charge is -2.08. The van der Waals surface area contributed by atoms with E-state index in [1.807, 2.05) is 14.0 Å². The topological polar surface area (TPSA) is 53.6 Å². The van der Waals surface area contributed by atoms with E-state index in [-0.39, 0.29) is 0 Å². The number of hydrogen-bond acceptors (Lipinski definition) is 3. The van der Waals surface area contributed by atoms with Crippen molar-refractivity contribution in [1.82, 2.24) is 9.78 Å². The SMILES string of the molecule is Cc1nn(C)c(NC2CC2(C)C)c1C#N. The Balaban J connectivity index is 2.26. The van der Waals surface area contributed by atoms with Gasteiger partial charge in [0.2, 0.25) is 0 Å². The highest BCUT2D eigenvalue weighted by Gasteiger charge is 2.46. The molecule has 1 aliphatic rings. The van der Waals surface area contributed by atoms with Crippen LogP contribution in [0.2, 0.25) is 0 Å². The van der Waals surface area contributed by atoms with E-state index in [0.717, 1.165) is 17.9 Å². The molecule has 2 rings (SSSR count). The molecule has 0 amide bonds. The lowest BCUT2D eigenvalue weighted by Crippen LogP contribution is -2.12. The molecular weight excluding hydrogens is 188 g/mol. The molecule has 1 aromatic heterocycles. The summed E-state index contributed by atoms with van der Waals surface area (Å²) in [6, 6.07) is 2.67. The highest BCUT2D eigenvalue weighted by atomic mass is 15.3. The van der Waals surface area contributed by atoms with Crippen molar-refractivity contribution < 1.29 is 0 Å². The van der Waals surface area contributed by atoms with Gasteiger partial charge in [-0.15, -0.1) is 0 Å². The van der Waals surface area contributed by atoms with Crippen LogP contribution < -0.4 is 5.32 Å². The van der Waals surface area contributed by atoms with Crippen LogP contribution >= 0.6 is 0 Å². The summed E-state index contributed by atoms with van der Waals surface area (Å²) >= 11 is 0. The molecule has 0 aromatic carbocycles. The van der Waals surface area contributed by atoms with Gasteiger partial charge in [-0.25, -0.2) is 0 Å². The van der Waals surface area contributed by atoms with E-state index >= 15 is 0 Å². The van der Waals surface area contributed by atoms with E-state index in [1.165, 1.54) is 0 Å². The van der Waals surface area contributed by atoms with E-state index in [9.17, 15) is 0 Å². The molecule has 0 radical (unpaired) electrons. The third-order valence-electron chi connectivity index (χ3n) is 3.16. The van der Waals surface area contributed by atoms with E-state index < -0.39 is 0 Å². The minimum Gasteiger partial charge on any atom is -0.366 e. The van der Waals surface area contributed by atoms with Gasteiger partial charge in [0.25, 0.3) is 0 Å². The smallest absolute Gasteiger partial charge is 0.142 e. The molecule has 1 saturated carbocycles. The van der Waals surface area contributed by atoms with Crippen molar-refractivity contribution in [2.45, 2.75) is 33.2 Å². The average molecular weight is 204 g/mol. The molecule has 15 heavy (non-hydrogen) atoms. The van der Waals surface area contributed by atoms with Crippen LogP contribution in [0.5, 0.6) is 0 Å². The van der Waals surface area contributed by atoms with Crippen LogP contribution in [0.3, 0.4) is 0 Å². The summed E-state index contributed by atoms with van der Waals surface area (Å²) in [4.78, 5) is 0. The van der Waals surface area contributed by atoms with Gasteiger partial charge in [-0.2, -0.15) is 10.4 Å². The highest BCUT2D eigenvalue weighted by molar-refractivity contribution is 5.56. The van der Waals surface area contributed by atoms with Crippen molar-refractivity contribution in [3.05, 3.63) is 11.3 Å². The molecule has 0 bridgehead atoms. The predicted octanol–water partition coefficient (Wildman–Crippen LogP) is 1.81. The number of hydrogen-bond donors (Lipinski definition) is 1. The van der Waals surface area contributed by atoms with Gasteiger partial charge < -0.3 is 5.32 Å². The summed E-state index contributed by atoms with van der Waals surface area (Å²) < 4.78 is 1.75. The third-order valence-corrected chi connectivity index (χ3v) is 3.16. The summed E-state index contributed by atoms with van der Waals surface area (Å²) in [6.07, 6.45) is 1.15. The summed E-state index contributed by atoms with van der Waals surface area (Å²) in [5.41, 5.74) is 1.81. The fourth-order valence-corrected chi connectivity index (χ4v) is 1.84. The lowest BCUT2D eigenvalue weighted by atomic mass is 10.2. The first-order chi connectivity index (χ1) is 6.95. The number of aryl methyl sites for hydroxylation is 2. The fraction of sp³-hybridized carbons (Fsp3) is 0.636. The Bertz CT molecular complexity index is 436. The molecule has 0 spiro atoms. The summed E-state index contributed by atoms with van der Waals surface area (Å²) in [5.74, 6) is 0.852. The molecule has 1 fully saturated rings. The summed E-state index contributed by atoms with van der Waals surface area (Å²) in [7, 11) is 1.87. The number of aromatic nitrogens is 2. The summed E-state index contributed by atoms with van der Waals surface area (Å²) in [5, 5.41) is 16.7.